The lowest BCUT2D eigenvalue weighted by molar-refractivity contribution is 0.221. The van der Waals surface area contributed by atoms with E-state index >= 15 is 0 Å². The topological polar surface area (TPSA) is 86.8 Å². The monoisotopic (exact) mass is 418 g/mol. The van der Waals surface area contributed by atoms with E-state index in [-0.39, 0.29) is 6.10 Å². The van der Waals surface area contributed by atoms with Gasteiger partial charge in [-0.3, -0.25) is 0 Å². The standard InChI is InChI=1S/C22H26N8O/c1-13(2)31-22-25-19(10-20(26-22)30-15(4)23-14(3)27-30)29-11-16(12-29)21-24-17-8-6-7-9-18(17)28(21)5/h6-10,13,16H,11-12H2,1-5H3. The first kappa shape index (κ1) is 19.5. The van der Waals surface area contributed by atoms with Crippen molar-refractivity contribution in [1.29, 1.82) is 0 Å². The van der Waals surface area contributed by atoms with Crippen LogP contribution < -0.4 is 9.64 Å². The number of aromatic nitrogens is 7. The molecule has 0 unspecified atom stereocenters. The maximum Gasteiger partial charge on any atom is 0.320 e. The van der Waals surface area contributed by atoms with Gasteiger partial charge >= 0.3 is 6.01 Å². The van der Waals surface area contributed by atoms with Gasteiger partial charge in [0.2, 0.25) is 0 Å². The van der Waals surface area contributed by atoms with Gasteiger partial charge in [0.15, 0.2) is 5.82 Å². The number of anilines is 1. The molecule has 0 radical (unpaired) electrons. The van der Waals surface area contributed by atoms with Gasteiger partial charge in [-0.25, -0.2) is 9.97 Å². The van der Waals surface area contributed by atoms with Gasteiger partial charge in [-0.05, 0) is 39.8 Å². The third-order valence-corrected chi connectivity index (χ3v) is 5.50. The highest BCUT2D eigenvalue weighted by Crippen LogP contribution is 2.33. The second-order valence-corrected chi connectivity index (χ2v) is 8.27. The van der Waals surface area contributed by atoms with Crippen LogP contribution >= 0.6 is 0 Å². The van der Waals surface area contributed by atoms with Crippen LogP contribution in [0.3, 0.4) is 0 Å². The van der Waals surface area contributed by atoms with Gasteiger partial charge in [0.1, 0.15) is 23.3 Å². The molecule has 0 spiro atoms. The highest BCUT2D eigenvalue weighted by Gasteiger charge is 2.33. The Morgan fingerprint density at radius 3 is 2.42 bits per heavy atom. The van der Waals surface area contributed by atoms with Gasteiger partial charge in [-0.1, -0.05) is 12.1 Å². The zero-order valence-electron chi connectivity index (χ0n) is 18.4. The van der Waals surface area contributed by atoms with Crippen molar-refractivity contribution in [2.45, 2.75) is 39.7 Å². The van der Waals surface area contributed by atoms with E-state index in [1.165, 1.54) is 0 Å². The predicted octanol–water partition coefficient (Wildman–Crippen LogP) is 2.95. The maximum absolute atomic E-state index is 5.83. The lowest BCUT2D eigenvalue weighted by Gasteiger charge is -2.39. The summed E-state index contributed by atoms with van der Waals surface area (Å²) in [4.78, 5) is 20.7. The Bertz CT molecular complexity index is 1250. The highest BCUT2D eigenvalue weighted by molar-refractivity contribution is 5.76. The lowest BCUT2D eigenvalue weighted by Crippen LogP contribution is -2.46. The van der Waals surface area contributed by atoms with Crippen molar-refractivity contribution < 1.29 is 4.74 Å². The smallest absolute Gasteiger partial charge is 0.320 e. The van der Waals surface area contributed by atoms with Gasteiger partial charge < -0.3 is 14.2 Å². The number of benzene rings is 1. The maximum atomic E-state index is 5.83. The summed E-state index contributed by atoms with van der Waals surface area (Å²) >= 11 is 0. The number of aryl methyl sites for hydroxylation is 3. The average Bonchev–Trinajstić information content (AvgIpc) is 3.19. The first-order valence-corrected chi connectivity index (χ1v) is 10.5. The van der Waals surface area contributed by atoms with E-state index in [2.05, 4.69) is 48.7 Å². The van der Waals surface area contributed by atoms with Crippen LogP contribution in [-0.4, -0.2) is 53.5 Å². The van der Waals surface area contributed by atoms with Gasteiger partial charge in [-0.15, -0.1) is 5.10 Å². The molecule has 4 heterocycles. The SMILES string of the molecule is Cc1nc(C)n(-c2cc(N3CC(c4nc5ccccc5n4C)C3)nc(OC(C)C)n2)n1. The zero-order chi connectivity index (χ0) is 21.7. The van der Waals surface area contributed by atoms with E-state index < -0.39 is 0 Å². The molecule has 0 atom stereocenters. The van der Waals surface area contributed by atoms with Gasteiger partial charge in [0.25, 0.3) is 0 Å². The molecule has 1 aliphatic rings. The van der Waals surface area contributed by atoms with Crippen LogP contribution in [0.2, 0.25) is 0 Å². The van der Waals surface area contributed by atoms with Crippen molar-refractivity contribution >= 4 is 16.9 Å². The van der Waals surface area contributed by atoms with Crippen molar-refractivity contribution in [3.63, 3.8) is 0 Å². The number of hydrogen-bond donors (Lipinski definition) is 0. The van der Waals surface area contributed by atoms with Crippen molar-refractivity contribution in [2.75, 3.05) is 18.0 Å². The van der Waals surface area contributed by atoms with Gasteiger partial charge in [-0.2, -0.15) is 14.6 Å². The highest BCUT2D eigenvalue weighted by atomic mass is 16.5. The molecule has 9 heteroatoms. The molecule has 4 aromatic rings. The van der Waals surface area contributed by atoms with Crippen molar-refractivity contribution in [1.82, 2.24) is 34.3 Å². The van der Waals surface area contributed by atoms with Crippen molar-refractivity contribution in [3.8, 4) is 11.8 Å². The number of ether oxygens (including phenoxy) is 1. The Balaban J connectivity index is 1.44. The Morgan fingerprint density at radius 1 is 1.00 bits per heavy atom. The fourth-order valence-electron chi connectivity index (χ4n) is 4.03. The Kier molecular flexibility index (Phi) is 4.60. The summed E-state index contributed by atoms with van der Waals surface area (Å²) in [7, 11) is 2.08. The second kappa shape index (κ2) is 7.33. The molecule has 3 aromatic heterocycles. The van der Waals surface area contributed by atoms with E-state index in [4.69, 9.17) is 9.72 Å². The molecule has 1 saturated heterocycles. The fourth-order valence-corrected chi connectivity index (χ4v) is 4.03. The van der Waals surface area contributed by atoms with Crippen LogP contribution in [0.1, 0.15) is 37.2 Å². The molecule has 0 amide bonds. The Hall–Kier alpha value is -3.49. The molecular formula is C22H26N8O. The van der Waals surface area contributed by atoms with E-state index in [9.17, 15) is 0 Å². The van der Waals surface area contributed by atoms with Crippen LogP contribution in [0.5, 0.6) is 6.01 Å². The fraction of sp³-hybridized carbons (Fsp3) is 0.409. The molecule has 0 saturated carbocycles. The molecule has 1 aliphatic heterocycles. The summed E-state index contributed by atoms with van der Waals surface area (Å²) in [5.74, 6) is 4.41. The minimum absolute atomic E-state index is 0.0224. The number of hydrogen-bond acceptors (Lipinski definition) is 7. The molecule has 1 aromatic carbocycles. The van der Waals surface area contributed by atoms with Crippen LogP contribution in [-0.2, 0) is 7.05 Å². The van der Waals surface area contributed by atoms with Gasteiger partial charge in [0, 0.05) is 26.2 Å². The van der Waals surface area contributed by atoms with Gasteiger partial charge in [0.05, 0.1) is 23.1 Å². The van der Waals surface area contributed by atoms with E-state index in [0.29, 0.717) is 23.6 Å². The van der Waals surface area contributed by atoms with E-state index in [0.717, 1.165) is 41.6 Å². The quantitative estimate of drug-likeness (QED) is 0.492. The number of nitrogens with zero attached hydrogens (tertiary/aromatic N) is 8. The van der Waals surface area contributed by atoms with Crippen LogP contribution in [0.25, 0.3) is 16.9 Å². The molecule has 5 rings (SSSR count). The number of para-hydroxylation sites is 2. The minimum Gasteiger partial charge on any atom is -0.461 e. The summed E-state index contributed by atoms with van der Waals surface area (Å²) < 4.78 is 9.75. The molecule has 9 nitrogen and oxygen atoms in total. The Labute approximate surface area is 180 Å². The second-order valence-electron chi connectivity index (χ2n) is 8.27. The molecule has 0 aliphatic carbocycles. The number of fused-ring (bicyclic) bond motifs is 1. The largest absolute Gasteiger partial charge is 0.461 e. The van der Waals surface area contributed by atoms with Crippen LogP contribution in [0, 0.1) is 13.8 Å². The van der Waals surface area contributed by atoms with Crippen LogP contribution in [0.4, 0.5) is 5.82 Å². The first-order valence-electron chi connectivity index (χ1n) is 10.5. The third kappa shape index (κ3) is 3.49. The van der Waals surface area contributed by atoms with Crippen LogP contribution in [0.15, 0.2) is 30.3 Å². The normalized spacial score (nSPS) is 14.5. The summed E-state index contributed by atoms with van der Waals surface area (Å²) in [5, 5.41) is 4.47. The molecule has 160 valence electrons. The summed E-state index contributed by atoms with van der Waals surface area (Å²) in [6, 6.07) is 10.5. The summed E-state index contributed by atoms with van der Waals surface area (Å²) in [6.07, 6.45) is -0.0224. The molecule has 0 bridgehead atoms. The number of imidazole rings is 1. The average molecular weight is 419 g/mol. The summed E-state index contributed by atoms with van der Waals surface area (Å²) in [6.45, 7) is 9.39. The van der Waals surface area contributed by atoms with E-state index in [1.807, 2.05) is 45.9 Å². The molecular weight excluding hydrogens is 392 g/mol. The predicted molar refractivity (Wildman–Crippen MR) is 118 cm³/mol. The Morgan fingerprint density at radius 2 is 1.74 bits per heavy atom. The van der Waals surface area contributed by atoms with Crippen molar-refractivity contribution in [3.05, 3.63) is 47.8 Å². The zero-order valence-corrected chi connectivity index (χ0v) is 18.4. The van der Waals surface area contributed by atoms with Crippen molar-refractivity contribution in [2.24, 2.45) is 7.05 Å². The molecule has 31 heavy (non-hydrogen) atoms. The van der Waals surface area contributed by atoms with E-state index in [1.54, 1.807) is 4.68 Å². The third-order valence-electron chi connectivity index (χ3n) is 5.50. The summed E-state index contributed by atoms with van der Waals surface area (Å²) in [5.41, 5.74) is 2.19. The first-order chi connectivity index (χ1) is 14.9. The molecule has 0 N–H and O–H groups in total. The minimum atomic E-state index is -0.0224. The lowest BCUT2D eigenvalue weighted by atomic mass is 9.99. The molecule has 1 fully saturated rings. The number of rotatable bonds is 5.